The van der Waals surface area contributed by atoms with E-state index in [1.54, 1.807) is 0 Å². The number of fused-ring (bicyclic) bond motifs is 1. The van der Waals surface area contributed by atoms with Gasteiger partial charge >= 0.3 is 6.55 Å². The van der Waals surface area contributed by atoms with Crippen LogP contribution in [0.15, 0.2) is 43.0 Å². The molecule has 0 spiro atoms. The minimum absolute atomic E-state index is 0.112. The van der Waals surface area contributed by atoms with Crippen LogP contribution in [-0.4, -0.2) is 48.7 Å². The summed E-state index contributed by atoms with van der Waals surface area (Å²) in [5, 5.41) is 12.5. The van der Waals surface area contributed by atoms with Gasteiger partial charge in [0, 0.05) is 54.7 Å². The van der Waals surface area contributed by atoms with Crippen LogP contribution in [0, 0.1) is 0 Å². The highest BCUT2D eigenvalue weighted by Crippen LogP contribution is 2.29. The number of piperidine rings is 1. The number of nitrogens with zero attached hydrogens (tertiary/aromatic N) is 7. The van der Waals surface area contributed by atoms with Crippen molar-refractivity contribution in [2.75, 3.05) is 23.3 Å². The van der Waals surface area contributed by atoms with Crippen molar-refractivity contribution in [2.45, 2.75) is 58.2 Å². The third kappa shape index (κ3) is 5.15. The average Bonchev–Trinajstić information content (AvgIpc) is 3.50. The molecule has 0 saturated carbocycles. The van der Waals surface area contributed by atoms with E-state index in [9.17, 15) is 8.78 Å². The number of hydrogen-bond donors (Lipinski definition) is 2. The van der Waals surface area contributed by atoms with E-state index in [-0.39, 0.29) is 12.1 Å². The van der Waals surface area contributed by atoms with E-state index < -0.39 is 6.55 Å². The fourth-order valence-electron chi connectivity index (χ4n) is 4.65. The standard InChI is InChI=1S/C25H31F2N9/c1-16(2)36-24-19(13-31-36)7-8-22(33-24)32-23-10-21(34-9-3-4-20(28)15-34)18(12-29-23)6-5-17-11-30-35(14-17)25(26)27/h7-8,10-14,16,20,25H,3-6,9,15,28H2,1-2H3,(H,29,32,33)/t20-/m0/s1. The first-order chi connectivity index (χ1) is 17.4. The van der Waals surface area contributed by atoms with E-state index in [1.165, 1.54) is 12.4 Å². The van der Waals surface area contributed by atoms with Gasteiger partial charge in [-0.05, 0) is 62.8 Å². The molecule has 5 heterocycles. The summed E-state index contributed by atoms with van der Waals surface area (Å²) in [6.45, 7) is 3.18. The Labute approximate surface area is 208 Å². The first kappa shape index (κ1) is 24.1. The van der Waals surface area contributed by atoms with Gasteiger partial charge in [-0.2, -0.15) is 19.0 Å². The normalized spacial score (nSPS) is 16.4. The maximum atomic E-state index is 12.9. The van der Waals surface area contributed by atoms with Crippen molar-refractivity contribution in [1.82, 2.24) is 29.5 Å². The Kier molecular flexibility index (Phi) is 6.82. The highest BCUT2D eigenvalue weighted by Gasteiger charge is 2.21. The predicted molar refractivity (Wildman–Crippen MR) is 136 cm³/mol. The second-order valence-corrected chi connectivity index (χ2v) is 9.57. The van der Waals surface area contributed by atoms with Gasteiger partial charge in [0.1, 0.15) is 11.6 Å². The second kappa shape index (κ2) is 10.2. The number of hydrogen-bond acceptors (Lipinski definition) is 7. The van der Waals surface area contributed by atoms with Crippen molar-refractivity contribution in [3.05, 3.63) is 54.1 Å². The third-order valence-corrected chi connectivity index (χ3v) is 6.49. The van der Waals surface area contributed by atoms with E-state index in [4.69, 9.17) is 10.7 Å². The molecule has 1 aliphatic heterocycles. The second-order valence-electron chi connectivity index (χ2n) is 9.57. The van der Waals surface area contributed by atoms with Crippen LogP contribution in [0.2, 0.25) is 0 Å². The average molecular weight is 496 g/mol. The van der Waals surface area contributed by atoms with Crippen LogP contribution in [0.25, 0.3) is 11.0 Å². The van der Waals surface area contributed by atoms with Crippen LogP contribution in [0.3, 0.4) is 0 Å². The number of rotatable bonds is 8. The molecule has 190 valence electrons. The lowest BCUT2D eigenvalue weighted by molar-refractivity contribution is 0.0565. The smallest absolute Gasteiger partial charge is 0.333 e. The lowest BCUT2D eigenvalue weighted by Gasteiger charge is -2.34. The molecule has 0 aliphatic carbocycles. The molecule has 3 N–H and O–H groups in total. The van der Waals surface area contributed by atoms with E-state index >= 15 is 0 Å². The number of aromatic nitrogens is 6. The number of nitrogens with one attached hydrogen (secondary N) is 1. The number of alkyl halides is 2. The molecule has 5 rings (SSSR count). The lowest BCUT2D eigenvalue weighted by atomic mass is 10.0. The summed E-state index contributed by atoms with van der Waals surface area (Å²) in [7, 11) is 0. The highest BCUT2D eigenvalue weighted by atomic mass is 19.3. The van der Waals surface area contributed by atoms with Gasteiger partial charge in [-0.25, -0.2) is 19.3 Å². The van der Waals surface area contributed by atoms with Gasteiger partial charge < -0.3 is 16.0 Å². The Morgan fingerprint density at radius 1 is 1.11 bits per heavy atom. The summed E-state index contributed by atoms with van der Waals surface area (Å²) in [6.07, 6.45) is 9.83. The molecule has 0 unspecified atom stereocenters. The lowest BCUT2D eigenvalue weighted by Crippen LogP contribution is -2.43. The molecule has 11 heteroatoms. The fraction of sp³-hybridized carbons (Fsp3) is 0.440. The zero-order valence-electron chi connectivity index (χ0n) is 20.5. The number of anilines is 3. The minimum Gasteiger partial charge on any atom is -0.370 e. The molecule has 1 saturated heterocycles. The number of pyridine rings is 2. The maximum Gasteiger partial charge on any atom is 0.333 e. The number of halogens is 2. The van der Waals surface area contributed by atoms with E-state index in [0.717, 1.165) is 53.8 Å². The Hall–Kier alpha value is -3.60. The van der Waals surface area contributed by atoms with Crippen LogP contribution in [0.5, 0.6) is 0 Å². The summed E-state index contributed by atoms with van der Waals surface area (Å²) in [5.74, 6) is 1.37. The summed E-state index contributed by atoms with van der Waals surface area (Å²) in [4.78, 5) is 11.7. The Morgan fingerprint density at radius 2 is 1.97 bits per heavy atom. The third-order valence-electron chi connectivity index (χ3n) is 6.49. The Bertz CT molecular complexity index is 1330. The molecule has 1 aliphatic rings. The zero-order chi connectivity index (χ0) is 25.2. The van der Waals surface area contributed by atoms with Gasteiger partial charge in [0.2, 0.25) is 0 Å². The van der Waals surface area contributed by atoms with Crippen LogP contribution < -0.4 is 16.0 Å². The minimum atomic E-state index is -2.64. The molecule has 4 aromatic rings. The quantitative estimate of drug-likeness (QED) is 0.372. The number of nitrogens with two attached hydrogens (primary N) is 1. The summed E-state index contributed by atoms with van der Waals surface area (Å²) >= 11 is 0. The van der Waals surface area contributed by atoms with Gasteiger partial charge in [0.05, 0.1) is 12.4 Å². The van der Waals surface area contributed by atoms with Crippen LogP contribution >= 0.6 is 0 Å². The van der Waals surface area contributed by atoms with Crippen LogP contribution in [0.4, 0.5) is 26.1 Å². The summed E-state index contributed by atoms with van der Waals surface area (Å²) in [6, 6.07) is 6.25. The monoisotopic (exact) mass is 495 g/mol. The van der Waals surface area contributed by atoms with Gasteiger partial charge in [-0.3, -0.25) is 0 Å². The molecular weight excluding hydrogens is 464 g/mol. The summed E-state index contributed by atoms with van der Waals surface area (Å²) in [5.41, 5.74) is 9.95. The largest absolute Gasteiger partial charge is 0.370 e. The molecule has 0 aromatic carbocycles. The molecule has 0 bridgehead atoms. The van der Waals surface area contributed by atoms with Crippen LogP contribution in [0.1, 0.15) is 50.4 Å². The molecular formula is C25H31F2N9. The molecule has 36 heavy (non-hydrogen) atoms. The van der Waals surface area contributed by atoms with E-state index in [2.05, 4.69) is 39.2 Å². The van der Waals surface area contributed by atoms with Crippen LogP contribution in [-0.2, 0) is 12.8 Å². The molecule has 0 radical (unpaired) electrons. The fourth-order valence-corrected chi connectivity index (χ4v) is 4.65. The highest BCUT2D eigenvalue weighted by molar-refractivity contribution is 5.77. The van der Waals surface area contributed by atoms with Crippen molar-refractivity contribution in [2.24, 2.45) is 5.73 Å². The van der Waals surface area contributed by atoms with Crippen molar-refractivity contribution >= 4 is 28.4 Å². The number of aryl methyl sites for hydroxylation is 2. The van der Waals surface area contributed by atoms with Crippen molar-refractivity contribution in [3.63, 3.8) is 0 Å². The van der Waals surface area contributed by atoms with Gasteiger partial charge in [0.25, 0.3) is 0 Å². The topological polar surface area (TPSA) is 103 Å². The SMILES string of the molecule is CC(C)n1ncc2ccc(Nc3cc(N4CCC[C@H](N)C4)c(CCc4cnn(C(F)F)c4)cn3)nc21. The van der Waals surface area contributed by atoms with Gasteiger partial charge in [-0.15, -0.1) is 0 Å². The Morgan fingerprint density at radius 3 is 2.72 bits per heavy atom. The predicted octanol–water partition coefficient (Wildman–Crippen LogP) is 4.46. The molecule has 1 atom stereocenters. The summed E-state index contributed by atoms with van der Waals surface area (Å²) < 4.78 is 28.4. The van der Waals surface area contributed by atoms with E-state index in [0.29, 0.717) is 29.2 Å². The van der Waals surface area contributed by atoms with Crippen molar-refractivity contribution in [3.8, 4) is 0 Å². The van der Waals surface area contributed by atoms with E-state index in [1.807, 2.05) is 35.3 Å². The molecule has 0 amide bonds. The van der Waals surface area contributed by atoms with Crippen molar-refractivity contribution < 1.29 is 8.78 Å². The zero-order valence-corrected chi connectivity index (χ0v) is 20.5. The first-order valence-corrected chi connectivity index (χ1v) is 12.3. The molecule has 4 aromatic heterocycles. The molecule has 1 fully saturated rings. The van der Waals surface area contributed by atoms with Gasteiger partial charge in [0.15, 0.2) is 5.65 Å². The first-order valence-electron chi connectivity index (χ1n) is 12.3. The Balaban J connectivity index is 1.41. The maximum absolute atomic E-state index is 12.9. The van der Waals surface area contributed by atoms with Gasteiger partial charge in [-0.1, -0.05) is 0 Å². The van der Waals surface area contributed by atoms with Crippen molar-refractivity contribution in [1.29, 1.82) is 0 Å². The molecule has 9 nitrogen and oxygen atoms in total.